The van der Waals surface area contributed by atoms with Crippen LogP contribution in [0.25, 0.3) is 0 Å². The number of benzene rings is 1. The molecule has 1 rings (SSSR count). The Kier molecular flexibility index (Phi) is 4.89. The van der Waals surface area contributed by atoms with Crippen molar-refractivity contribution in [3.8, 4) is 0 Å². The summed E-state index contributed by atoms with van der Waals surface area (Å²) in [6, 6.07) is 4.70. The number of aliphatic hydroxyl groups excluding tert-OH is 1. The molecule has 6 heteroatoms. The molecular weight excluding hydrogens is 288 g/mol. The highest BCUT2D eigenvalue weighted by atomic mass is 79.9. The summed E-state index contributed by atoms with van der Waals surface area (Å²) in [6.07, 6.45) is 0.0904. The van der Waals surface area contributed by atoms with Crippen molar-refractivity contribution in [3.05, 3.63) is 32.8 Å². The van der Waals surface area contributed by atoms with E-state index in [2.05, 4.69) is 21.2 Å². The van der Waals surface area contributed by atoms with Gasteiger partial charge in [0.15, 0.2) is 0 Å². The first kappa shape index (κ1) is 13.9. The lowest BCUT2D eigenvalue weighted by molar-refractivity contribution is -0.384. The van der Waals surface area contributed by atoms with Crippen LogP contribution in [0.2, 0.25) is 0 Å². The summed E-state index contributed by atoms with van der Waals surface area (Å²) in [6.45, 7) is 3.56. The fourth-order valence-corrected chi connectivity index (χ4v) is 1.98. The van der Waals surface area contributed by atoms with Crippen LogP contribution in [-0.4, -0.2) is 22.2 Å². The van der Waals surface area contributed by atoms with E-state index in [0.29, 0.717) is 12.1 Å². The van der Waals surface area contributed by atoms with Gasteiger partial charge in [-0.25, -0.2) is 0 Å². The van der Waals surface area contributed by atoms with Gasteiger partial charge in [0, 0.05) is 16.6 Å². The number of halogens is 1. The predicted molar refractivity (Wildman–Crippen MR) is 70.2 cm³/mol. The highest BCUT2D eigenvalue weighted by Crippen LogP contribution is 2.28. The number of nitrogens with one attached hydrogen (secondary N) is 1. The average molecular weight is 303 g/mol. The van der Waals surface area contributed by atoms with Gasteiger partial charge in [-0.2, -0.15) is 0 Å². The molecule has 0 radical (unpaired) electrons. The van der Waals surface area contributed by atoms with Crippen molar-refractivity contribution in [2.75, 3.05) is 5.32 Å². The third-order valence-corrected chi connectivity index (χ3v) is 2.75. The van der Waals surface area contributed by atoms with E-state index in [4.69, 9.17) is 0 Å². The fourth-order valence-electron chi connectivity index (χ4n) is 1.62. The van der Waals surface area contributed by atoms with Gasteiger partial charge in [-0.1, -0.05) is 15.9 Å². The molecule has 0 saturated heterocycles. The first-order valence-electron chi connectivity index (χ1n) is 5.28. The van der Waals surface area contributed by atoms with E-state index in [-0.39, 0.29) is 11.7 Å². The van der Waals surface area contributed by atoms with Gasteiger partial charge in [-0.3, -0.25) is 10.1 Å². The molecule has 0 amide bonds. The molecule has 5 nitrogen and oxygen atoms in total. The third-order valence-electron chi connectivity index (χ3n) is 2.25. The van der Waals surface area contributed by atoms with Crippen molar-refractivity contribution in [1.29, 1.82) is 0 Å². The molecule has 1 aromatic carbocycles. The number of rotatable bonds is 5. The standard InChI is InChI=1S/C11H15BrN2O3/c1-7(5-8(2)15)13-10-6-9(12)3-4-11(10)14(16)17/h3-4,6-8,13,15H,5H2,1-2H3. The van der Waals surface area contributed by atoms with Crippen molar-refractivity contribution in [2.45, 2.75) is 32.4 Å². The number of nitro benzene ring substituents is 1. The summed E-state index contributed by atoms with van der Waals surface area (Å²) in [5.41, 5.74) is 0.489. The summed E-state index contributed by atoms with van der Waals surface area (Å²) in [5, 5.41) is 23.1. The Labute approximate surface area is 108 Å². The van der Waals surface area contributed by atoms with Crippen molar-refractivity contribution >= 4 is 27.3 Å². The van der Waals surface area contributed by atoms with Crippen LogP contribution >= 0.6 is 15.9 Å². The molecule has 0 aromatic heterocycles. The van der Waals surface area contributed by atoms with Crippen LogP contribution in [0.5, 0.6) is 0 Å². The van der Waals surface area contributed by atoms with Crippen LogP contribution < -0.4 is 5.32 Å². The van der Waals surface area contributed by atoms with Gasteiger partial charge in [-0.15, -0.1) is 0 Å². The number of hydrogen-bond donors (Lipinski definition) is 2. The highest BCUT2D eigenvalue weighted by Gasteiger charge is 2.16. The van der Waals surface area contributed by atoms with Gasteiger partial charge in [-0.05, 0) is 32.4 Å². The number of aliphatic hydroxyl groups is 1. The molecule has 94 valence electrons. The van der Waals surface area contributed by atoms with Gasteiger partial charge < -0.3 is 10.4 Å². The topological polar surface area (TPSA) is 75.4 Å². The van der Waals surface area contributed by atoms with Crippen LogP contribution in [0.3, 0.4) is 0 Å². The minimum Gasteiger partial charge on any atom is -0.393 e. The number of nitro groups is 1. The van der Waals surface area contributed by atoms with Crippen LogP contribution in [0.1, 0.15) is 20.3 Å². The largest absolute Gasteiger partial charge is 0.393 e. The Morgan fingerprint density at radius 2 is 2.18 bits per heavy atom. The Hall–Kier alpha value is -1.14. The van der Waals surface area contributed by atoms with Crippen molar-refractivity contribution in [3.63, 3.8) is 0 Å². The normalized spacial score (nSPS) is 14.1. The van der Waals surface area contributed by atoms with Crippen molar-refractivity contribution in [1.82, 2.24) is 0 Å². The third kappa shape index (κ3) is 4.32. The SMILES string of the molecule is CC(O)CC(C)Nc1cc(Br)ccc1[N+](=O)[O-]. The lowest BCUT2D eigenvalue weighted by Gasteiger charge is -2.16. The van der Waals surface area contributed by atoms with Gasteiger partial charge in [0.05, 0.1) is 11.0 Å². The molecular formula is C11H15BrN2O3. The second-order valence-corrected chi connectivity index (χ2v) is 4.96. The number of hydrogen-bond acceptors (Lipinski definition) is 4. The summed E-state index contributed by atoms with van der Waals surface area (Å²) in [7, 11) is 0. The maximum atomic E-state index is 10.8. The summed E-state index contributed by atoms with van der Waals surface area (Å²) in [5.74, 6) is 0. The maximum Gasteiger partial charge on any atom is 0.292 e. The van der Waals surface area contributed by atoms with Gasteiger partial charge in [0.2, 0.25) is 0 Å². The predicted octanol–water partition coefficient (Wildman–Crippen LogP) is 2.93. The zero-order valence-electron chi connectivity index (χ0n) is 9.68. The second-order valence-electron chi connectivity index (χ2n) is 4.05. The zero-order valence-corrected chi connectivity index (χ0v) is 11.3. The number of nitrogens with zero attached hydrogens (tertiary/aromatic N) is 1. The fraction of sp³-hybridized carbons (Fsp3) is 0.455. The molecule has 17 heavy (non-hydrogen) atoms. The Morgan fingerprint density at radius 1 is 1.53 bits per heavy atom. The molecule has 2 atom stereocenters. The van der Waals surface area contributed by atoms with Gasteiger partial charge >= 0.3 is 0 Å². The molecule has 0 fully saturated rings. The molecule has 2 unspecified atom stereocenters. The molecule has 0 spiro atoms. The lowest BCUT2D eigenvalue weighted by Crippen LogP contribution is -2.21. The van der Waals surface area contributed by atoms with Crippen LogP contribution in [0, 0.1) is 10.1 Å². The lowest BCUT2D eigenvalue weighted by atomic mass is 10.1. The van der Waals surface area contributed by atoms with E-state index in [1.807, 2.05) is 6.92 Å². The van der Waals surface area contributed by atoms with E-state index in [0.717, 1.165) is 4.47 Å². The average Bonchev–Trinajstić information content (AvgIpc) is 2.15. The molecule has 0 saturated carbocycles. The number of anilines is 1. The second kappa shape index (κ2) is 5.97. The van der Waals surface area contributed by atoms with Crippen LogP contribution in [0.4, 0.5) is 11.4 Å². The summed E-state index contributed by atoms with van der Waals surface area (Å²) < 4.78 is 0.773. The highest BCUT2D eigenvalue weighted by molar-refractivity contribution is 9.10. The Bertz CT molecular complexity index is 410. The molecule has 0 aliphatic rings. The zero-order chi connectivity index (χ0) is 13.0. The van der Waals surface area contributed by atoms with E-state index < -0.39 is 11.0 Å². The monoisotopic (exact) mass is 302 g/mol. The molecule has 0 heterocycles. The molecule has 0 bridgehead atoms. The van der Waals surface area contributed by atoms with E-state index in [1.165, 1.54) is 6.07 Å². The Balaban J connectivity index is 2.88. The van der Waals surface area contributed by atoms with E-state index >= 15 is 0 Å². The van der Waals surface area contributed by atoms with Gasteiger partial charge in [0.25, 0.3) is 5.69 Å². The maximum absolute atomic E-state index is 10.8. The van der Waals surface area contributed by atoms with Crippen LogP contribution in [0.15, 0.2) is 22.7 Å². The molecule has 2 N–H and O–H groups in total. The summed E-state index contributed by atoms with van der Waals surface area (Å²) in [4.78, 5) is 10.4. The van der Waals surface area contributed by atoms with Crippen LogP contribution in [-0.2, 0) is 0 Å². The quantitative estimate of drug-likeness (QED) is 0.648. The first-order chi connectivity index (χ1) is 7.90. The molecule has 0 aliphatic carbocycles. The first-order valence-corrected chi connectivity index (χ1v) is 6.08. The summed E-state index contributed by atoms with van der Waals surface area (Å²) >= 11 is 3.27. The molecule has 0 aliphatic heterocycles. The van der Waals surface area contributed by atoms with E-state index in [9.17, 15) is 15.2 Å². The Morgan fingerprint density at radius 3 is 2.71 bits per heavy atom. The molecule has 1 aromatic rings. The van der Waals surface area contributed by atoms with Crippen molar-refractivity contribution < 1.29 is 10.0 Å². The minimum atomic E-state index is -0.441. The smallest absolute Gasteiger partial charge is 0.292 e. The minimum absolute atomic E-state index is 0.0330. The van der Waals surface area contributed by atoms with Gasteiger partial charge in [0.1, 0.15) is 5.69 Å². The van der Waals surface area contributed by atoms with Crippen molar-refractivity contribution in [2.24, 2.45) is 0 Å². The van der Waals surface area contributed by atoms with E-state index in [1.54, 1.807) is 19.1 Å².